The number of aromatic nitrogens is 4. The summed E-state index contributed by atoms with van der Waals surface area (Å²) in [6, 6.07) is 4.87. The van der Waals surface area contributed by atoms with Gasteiger partial charge < -0.3 is 4.90 Å². The highest BCUT2D eigenvalue weighted by atomic mass is 32.1. The highest BCUT2D eigenvalue weighted by molar-refractivity contribution is 7.11. The molecule has 0 saturated carbocycles. The molecule has 0 aliphatic carbocycles. The van der Waals surface area contributed by atoms with E-state index in [0.29, 0.717) is 30.4 Å². The monoisotopic (exact) mass is 441 g/mol. The number of hydrogen-bond acceptors (Lipinski definition) is 5. The molecule has 0 fully saturated rings. The van der Waals surface area contributed by atoms with Crippen LogP contribution in [0.1, 0.15) is 40.8 Å². The maximum atomic E-state index is 13.7. The molecular formula is C23H28FN5OS. The Morgan fingerprint density at radius 2 is 1.97 bits per heavy atom. The molecule has 164 valence electrons. The van der Waals surface area contributed by atoms with Crippen LogP contribution in [-0.4, -0.2) is 43.6 Å². The number of carbonyl (C=O) groups is 1. The average molecular weight is 442 g/mol. The van der Waals surface area contributed by atoms with E-state index in [1.165, 1.54) is 10.9 Å². The molecule has 1 aliphatic heterocycles. The van der Waals surface area contributed by atoms with E-state index in [-0.39, 0.29) is 18.3 Å². The van der Waals surface area contributed by atoms with Crippen molar-refractivity contribution in [1.29, 1.82) is 0 Å². The Labute approximate surface area is 186 Å². The van der Waals surface area contributed by atoms with Gasteiger partial charge in [0.2, 0.25) is 5.91 Å². The molecule has 0 spiro atoms. The molecule has 0 radical (unpaired) electrons. The molecule has 3 aromatic rings. The van der Waals surface area contributed by atoms with Crippen LogP contribution in [0.4, 0.5) is 4.39 Å². The minimum Gasteiger partial charge on any atom is -0.340 e. The number of carbonyl (C=O) groups excluding carboxylic acids is 1. The van der Waals surface area contributed by atoms with Crippen molar-refractivity contribution < 1.29 is 9.18 Å². The van der Waals surface area contributed by atoms with Crippen molar-refractivity contribution in [2.24, 2.45) is 5.92 Å². The van der Waals surface area contributed by atoms with Crippen LogP contribution in [0, 0.1) is 25.6 Å². The van der Waals surface area contributed by atoms with Crippen LogP contribution in [-0.2, 0) is 30.6 Å². The molecule has 31 heavy (non-hydrogen) atoms. The molecule has 8 heteroatoms. The first-order valence-electron chi connectivity index (χ1n) is 10.7. The SMILES string of the molecule is Cc1nc2c(s1)CCN(C(=O)Cn1nc(-c3ccc(F)c(C)c3)nc1CC(C)C)CC2. The van der Waals surface area contributed by atoms with Gasteiger partial charge in [-0.05, 0) is 43.5 Å². The van der Waals surface area contributed by atoms with Crippen LogP contribution in [0.2, 0.25) is 0 Å². The second-order valence-electron chi connectivity index (χ2n) is 8.55. The summed E-state index contributed by atoms with van der Waals surface area (Å²) in [6.45, 7) is 9.52. The van der Waals surface area contributed by atoms with Gasteiger partial charge in [-0.1, -0.05) is 13.8 Å². The molecule has 4 rings (SSSR count). The van der Waals surface area contributed by atoms with E-state index < -0.39 is 0 Å². The van der Waals surface area contributed by atoms with E-state index in [4.69, 9.17) is 4.98 Å². The van der Waals surface area contributed by atoms with E-state index >= 15 is 0 Å². The second kappa shape index (κ2) is 8.86. The van der Waals surface area contributed by atoms with Crippen LogP contribution >= 0.6 is 11.3 Å². The summed E-state index contributed by atoms with van der Waals surface area (Å²) in [5, 5.41) is 5.72. The lowest BCUT2D eigenvalue weighted by molar-refractivity contribution is -0.132. The Bertz CT molecular complexity index is 1080. The van der Waals surface area contributed by atoms with E-state index in [1.54, 1.807) is 35.1 Å². The van der Waals surface area contributed by atoms with E-state index in [1.807, 2.05) is 11.8 Å². The first-order chi connectivity index (χ1) is 14.8. The highest BCUT2D eigenvalue weighted by Crippen LogP contribution is 2.23. The topological polar surface area (TPSA) is 63.9 Å². The van der Waals surface area contributed by atoms with Crippen molar-refractivity contribution in [3.8, 4) is 11.4 Å². The van der Waals surface area contributed by atoms with Crippen molar-refractivity contribution in [2.75, 3.05) is 13.1 Å². The van der Waals surface area contributed by atoms with Crippen LogP contribution < -0.4 is 0 Å². The van der Waals surface area contributed by atoms with Gasteiger partial charge in [0.05, 0.1) is 10.7 Å². The number of hydrogen-bond donors (Lipinski definition) is 0. The third-order valence-corrected chi connectivity index (χ3v) is 6.58. The fourth-order valence-corrected chi connectivity index (χ4v) is 4.86. The lowest BCUT2D eigenvalue weighted by atomic mass is 10.1. The molecule has 0 N–H and O–H groups in total. The summed E-state index contributed by atoms with van der Waals surface area (Å²) in [5.74, 6) is 1.49. The fraction of sp³-hybridized carbons (Fsp3) is 0.478. The molecule has 1 aliphatic rings. The normalized spacial score (nSPS) is 14.1. The van der Waals surface area contributed by atoms with Gasteiger partial charge >= 0.3 is 0 Å². The third kappa shape index (κ3) is 4.84. The number of fused-ring (bicyclic) bond motifs is 1. The summed E-state index contributed by atoms with van der Waals surface area (Å²) >= 11 is 1.73. The van der Waals surface area contributed by atoms with Crippen molar-refractivity contribution in [3.05, 3.63) is 51.0 Å². The number of aryl methyl sites for hydroxylation is 2. The molecule has 1 aromatic carbocycles. The van der Waals surface area contributed by atoms with Gasteiger partial charge in [-0.15, -0.1) is 11.3 Å². The molecule has 1 amide bonds. The quantitative estimate of drug-likeness (QED) is 0.601. The predicted molar refractivity (Wildman–Crippen MR) is 120 cm³/mol. The van der Waals surface area contributed by atoms with E-state index in [2.05, 4.69) is 23.9 Å². The number of halogens is 1. The molecule has 3 heterocycles. The van der Waals surface area contributed by atoms with Gasteiger partial charge in [0.1, 0.15) is 18.2 Å². The van der Waals surface area contributed by atoms with Crippen molar-refractivity contribution in [1.82, 2.24) is 24.6 Å². The number of benzene rings is 1. The van der Waals surface area contributed by atoms with Crippen LogP contribution in [0.25, 0.3) is 11.4 Å². The zero-order valence-corrected chi connectivity index (χ0v) is 19.3. The van der Waals surface area contributed by atoms with E-state index in [9.17, 15) is 9.18 Å². The lowest BCUT2D eigenvalue weighted by Crippen LogP contribution is -2.36. The minimum atomic E-state index is -0.250. The molecular weight excluding hydrogens is 413 g/mol. The van der Waals surface area contributed by atoms with E-state index in [0.717, 1.165) is 41.4 Å². The number of thiazole rings is 1. The van der Waals surface area contributed by atoms with Crippen molar-refractivity contribution in [2.45, 2.75) is 53.5 Å². The zero-order chi connectivity index (χ0) is 22.1. The van der Waals surface area contributed by atoms with Gasteiger partial charge in [-0.25, -0.2) is 19.0 Å². The summed E-state index contributed by atoms with van der Waals surface area (Å²) in [4.78, 5) is 25.6. The van der Waals surface area contributed by atoms with Gasteiger partial charge in [0, 0.05) is 42.8 Å². The van der Waals surface area contributed by atoms with Gasteiger partial charge in [-0.2, -0.15) is 5.10 Å². The summed E-state index contributed by atoms with van der Waals surface area (Å²) in [6.07, 6.45) is 2.37. The molecule has 2 aromatic heterocycles. The summed E-state index contributed by atoms with van der Waals surface area (Å²) < 4.78 is 15.4. The zero-order valence-electron chi connectivity index (χ0n) is 18.5. The minimum absolute atomic E-state index is 0.0450. The number of nitrogens with zero attached hydrogens (tertiary/aromatic N) is 5. The standard InChI is InChI=1S/C23H28FN5OS/c1-14(2)11-21-26-23(17-5-6-18(24)15(3)12-17)27-29(21)13-22(30)28-9-7-19-20(8-10-28)31-16(4)25-19/h5-6,12,14H,7-11,13H2,1-4H3. The van der Waals surface area contributed by atoms with Crippen LogP contribution in [0.5, 0.6) is 0 Å². The molecule has 0 saturated heterocycles. The van der Waals surface area contributed by atoms with Gasteiger partial charge in [-0.3, -0.25) is 4.79 Å². The summed E-state index contributed by atoms with van der Waals surface area (Å²) in [5.41, 5.74) is 2.44. The fourth-order valence-electron chi connectivity index (χ4n) is 3.89. The van der Waals surface area contributed by atoms with Crippen molar-refractivity contribution in [3.63, 3.8) is 0 Å². The first kappa shape index (κ1) is 21.6. The molecule has 6 nitrogen and oxygen atoms in total. The largest absolute Gasteiger partial charge is 0.340 e. The van der Waals surface area contributed by atoms with Crippen LogP contribution in [0.3, 0.4) is 0 Å². The Kier molecular flexibility index (Phi) is 6.18. The second-order valence-corrected chi connectivity index (χ2v) is 9.84. The molecule has 0 bridgehead atoms. The third-order valence-electron chi connectivity index (χ3n) is 5.51. The van der Waals surface area contributed by atoms with Crippen molar-refractivity contribution >= 4 is 17.2 Å². The lowest BCUT2D eigenvalue weighted by Gasteiger charge is -2.20. The Balaban J connectivity index is 1.53. The predicted octanol–water partition coefficient (Wildman–Crippen LogP) is 3.98. The first-order valence-corrected chi connectivity index (χ1v) is 11.5. The Morgan fingerprint density at radius 1 is 1.19 bits per heavy atom. The number of amides is 1. The van der Waals surface area contributed by atoms with Gasteiger partial charge in [0.15, 0.2) is 5.82 Å². The molecule has 0 atom stereocenters. The Morgan fingerprint density at radius 3 is 2.71 bits per heavy atom. The average Bonchev–Trinajstić information content (AvgIpc) is 3.20. The highest BCUT2D eigenvalue weighted by Gasteiger charge is 2.23. The number of rotatable bonds is 5. The van der Waals surface area contributed by atoms with Crippen LogP contribution in [0.15, 0.2) is 18.2 Å². The maximum absolute atomic E-state index is 13.7. The molecule has 0 unspecified atom stereocenters. The smallest absolute Gasteiger partial charge is 0.244 e. The Hall–Kier alpha value is -2.61. The van der Waals surface area contributed by atoms with Gasteiger partial charge in [0.25, 0.3) is 0 Å². The maximum Gasteiger partial charge on any atom is 0.244 e. The summed E-state index contributed by atoms with van der Waals surface area (Å²) in [7, 11) is 0.